The highest BCUT2D eigenvalue weighted by Gasteiger charge is 2.38. The van der Waals surface area contributed by atoms with Crippen molar-refractivity contribution in [2.45, 2.75) is 19.3 Å². The van der Waals surface area contributed by atoms with Gasteiger partial charge in [-0.3, -0.25) is 0 Å². The van der Waals surface area contributed by atoms with Crippen molar-refractivity contribution in [1.29, 1.82) is 0 Å². The first-order chi connectivity index (χ1) is 24.6. The lowest BCUT2D eigenvalue weighted by molar-refractivity contribution is 0.667. The zero-order valence-electron chi connectivity index (χ0n) is 27.9. The van der Waals surface area contributed by atoms with Crippen molar-refractivity contribution in [2.75, 3.05) is 0 Å². The minimum absolute atomic E-state index is 0.129. The fourth-order valence-electron chi connectivity index (χ4n) is 9.24. The molecule has 0 saturated heterocycles. The zero-order valence-corrected chi connectivity index (χ0v) is 28.7. The molecule has 1 aliphatic rings. The van der Waals surface area contributed by atoms with Crippen LogP contribution in [0.15, 0.2) is 158 Å². The van der Waals surface area contributed by atoms with Gasteiger partial charge in [0.25, 0.3) is 0 Å². The van der Waals surface area contributed by atoms with Gasteiger partial charge in [-0.25, -0.2) is 0 Å². The van der Waals surface area contributed by atoms with Gasteiger partial charge in [0.15, 0.2) is 0 Å². The molecule has 10 aromatic rings. The summed E-state index contributed by atoms with van der Waals surface area (Å²) < 4.78 is 2.76. The summed E-state index contributed by atoms with van der Waals surface area (Å²) in [4.78, 5) is 0. The molecular formula is C49H32S. The number of thiophene rings is 1. The van der Waals surface area contributed by atoms with E-state index < -0.39 is 0 Å². The number of benzene rings is 9. The van der Waals surface area contributed by atoms with Crippen LogP contribution in [0.1, 0.15) is 25.0 Å². The van der Waals surface area contributed by atoms with Crippen molar-refractivity contribution in [2.24, 2.45) is 0 Å². The summed E-state index contributed by atoms with van der Waals surface area (Å²) >= 11 is 1.94. The molecule has 0 aliphatic heterocycles. The third-order valence-electron chi connectivity index (χ3n) is 11.4. The largest absolute Gasteiger partial charge is 0.135 e. The predicted molar refractivity (Wildman–Crippen MR) is 218 cm³/mol. The molecule has 0 nitrogen and oxygen atoms in total. The van der Waals surface area contributed by atoms with Gasteiger partial charge >= 0.3 is 0 Å². The Bertz CT molecular complexity index is 3000. The van der Waals surface area contributed by atoms with Crippen LogP contribution in [-0.4, -0.2) is 0 Å². The van der Waals surface area contributed by atoms with Gasteiger partial charge in [0.2, 0.25) is 0 Å². The standard InChI is InChI=1S/C49H32S/c1-49(2)42-27-24-31(28-41(42)39-25-22-30-23-26-40-33-15-9-10-21-43(33)50-48(40)45(30)47(39)49)44-35-16-5-7-18-37(35)46(38-19-8-6-17-36(38)44)34-20-11-13-29-12-3-4-14-32(29)34/h3-28H,1-2H3. The third-order valence-corrected chi connectivity index (χ3v) is 12.6. The average Bonchev–Trinajstić information content (AvgIpc) is 3.65. The number of fused-ring (bicyclic) bond motifs is 12. The number of hydrogen-bond donors (Lipinski definition) is 0. The molecule has 1 heterocycles. The van der Waals surface area contributed by atoms with E-state index in [1.807, 2.05) is 11.3 Å². The molecular weight excluding hydrogens is 621 g/mol. The first-order valence-corrected chi connectivity index (χ1v) is 18.3. The second kappa shape index (κ2) is 10.1. The highest BCUT2D eigenvalue weighted by atomic mass is 32.1. The van der Waals surface area contributed by atoms with E-state index in [0.717, 1.165) is 0 Å². The SMILES string of the molecule is CC1(C)c2ccc(-c3c4ccccc4c(-c4cccc5ccccc45)c4ccccc34)cc2-c2ccc3ccc4c5ccccc5sc4c3c21. The molecule has 11 rings (SSSR count). The summed E-state index contributed by atoms with van der Waals surface area (Å²) in [5.74, 6) is 0. The molecule has 0 fully saturated rings. The Labute approximate surface area is 294 Å². The first kappa shape index (κ1) is 28.1. The summed E-state index contributed by atoms with van der Waals surface area (Å²) in [5, 5.41) is 13.2. The van der Waals surface area contributed by atoms with E-state index in [9.17, 15) is 0 Å². The summed E-state index contributed by atoms with van der Waals surface area (Å²) in [5.41, 5.74) is 10.6. The van der Waals surface area contributed by atoms with Gasteiger partial charge in [-0.1, -0.05) is 159 Å². The molecule has 50 heavy (non-hydrogen) atoms. The molecule has 0 bridgehead atoms. The van der Waals surface area contributed by atoms with Crippen molar-refractivity contribution in [1.82, 2.24) is 0 Å². The van der Waals surface area contributed by atoms with E-state index in [1.54, 1.807) is 0 Å². The lowest BCUT2D eigenvalue weighted by atomic mass is 9.79. The van der Waals surface area contributed by atoms with Crippen LogP contribution in [0.2, 0.25) is 0 Å². The van der Waals surface area contributed by atoms with Crippen molar-refractivity contribution in [3.63, 3.8) is 0 Å². The minimum Gasteiger partial charge on any atom is -0.135 e. The minimum atomic E-state index is -0.129. The summed E-state index contributed by atoms with van der Waals surface area (Å²) in [6.45, 7) is 4.85. The zero-order chi connectivity index (χ0) is 33.1. The predicted octanol–water partition coefficient (Wildman–Crippen LogP) is 14.3. The van der Waals surface area contributed by atoms with Crippen molar-refractivity contribution in [3.05, 3.63) is 169 Å². The second-order valence-electron chi connectivity index (χ2n) is 14.4. The molecule has 0 atom stereocenters. The molecule has 0 N–H and O–H groups in total. The summed E-state index contributed by atoms with van der Waals surface area (Å²) in [6, 6.07) is 59.1. The summed E-state index contributed by atoms with van der Waals surface area (Å²) in [7, 11) is 0. The van der Waals surface area contributed by atoms with E-state index in [4.69, 9.17) is 0 Å². The highest BCUT2D eigenvalue weighted by Crippen LogP contribution is 2.55. The third kappa shape index (κ3) is 3.71. The first-order valence-electron chi connectivity index (χ1n) is 17.5. The van der Waals surface area contributed by atoms with Gasteiger partial charge in [-0.15, -0.1) is 11.3 Å². The topological polar surface area (TPSA) is 0 Å². The maximum atomic E-state index is 2.49. The quantitative estimate of drug-likeness (QED) is 0.163. The van der Waals surface area contributed by atoms with Crippen molar-refractivity contribution in [3.8, 4) is 33.4 Å². The molecule has 0 unspecified atom stereocenters. The molecule has 1 heteroatoms. The van der Waals surface area contributed by atoms with Crippen LogP contribution >= 0.6 is 11.3 Å². The molecule has 0 radical (unpaired) electrons. The molecule has 0 amide bonds. The lowest BCUT2D eigenvalue weighted by Gasteiger charge is -2.24. The Morgan fingerprint density at radius 2 is 1.04 bits per heavy atom. The van der Waals surface area contributed by atoms with E-state index in [-0.39, 0.29) is 5.41 Å². The maximum Gasteiger partial charge on any atom is 0.0437 e. The second-order valence-corrected chi connectivity index (χ2v) is 15.4. The normalized spacial score (nSPS) is 13.6. The lowest BCUT2D eigenvalue weighted by Crippen LogP contribution is -2.15. The smallest absolute Gasteiger partial charge is 0.0437 e. The van der Waals surface area contributed by atoms with Crippen molar-refractivity contribution < 1.29 is 0 Å². The van der Waals surface area contributed by atoms with Crippen LogP contribution in [0.4, 0.5) is 0 Å². The Hall–Kier alpha value is -5.76. The molecule has 234 valence electrons. The van der Waals surface area contributed by atoms with Gasteiger partial charge in [-0.05, 0) is 94.3 Å². The van der Waals surface area contributed by atoms with E-state index >= 15 is 0 Å². The van der Waals surface area contributed by atoms with Gasteiger partial charge < -0.3 is 0 Å². The van der Waals surface area contributed by atoms with Crippen LogP contribution in [-0.2, 0) is 5.41 Å². The van der Waals surface area contributed by atoms with Crippen LogP contribution in [0.3, 0.4) is 0 Å². The van der Waals surface area contributed by atoms with Crippen molar-refractivity contribution >= 4 is 74.6 Å². The summed E-state index contributed by atoms with van der Waals surface area (Å²) in [6.07, 6.45) is 0. The van der Waals surface area contributed by atoms with Gasteiger partial charge in [0.1, 0.15) is 0 Å². The van der Waals surface area contributed by atoms with Crippen LogP contribution in [0, 0.1) is 0 Å². The fourth-order valence-corrected chi connectivity index (χ4v) is 10.5. The van der Waals surface area contributed by atoms with Gasteiger partial charge in [0.05, 0.1) is 0 Å². The van der Waals surface area contributed by atoms with Gasteiger partial charge in [0, 0.05) is 31.0 Å². The van der Waals surface area contributed by atoms with E-state index in [1.165, 1.54) is 108 Å². The number of hydrogen-bond acceptors (Lipinski definition) is 1. The monoisotopic (exact) mass is 652 g/mol. The molecule has 9 aromatic carbocycles. The van der Waals surface area contributed by atoms with E-state index in [2.05, 4.69) is 172 Å². The molecule has 0 saturated carbocycles. The molecule has 0 spiro atoms. The van der Waals surface area contributed by atoms with Gasteiger partial charge in [-0.2, -0.15) is 0 Å². The van der Waals surface area contributed by atoms with Crippen LogP contribution in [0.5, 0.6) is 0 Å². The fraction of sp³-hybridized carbons (Fsp3) is 0.0612. The van der Waals surface area contributed by atoms with Crippen LogP contribution < -0.4 is 0 Å². The number of rotatable bonds is 2. The Morgan fingerprint density at radius 1 is 0.420 bits per heavy atom. The highest BCUT2D eigenvalue weighted by molar-refractivity contribution is 7.26. The molecule has 1 aliphatic carbocycles. The average molecular weight is 653 g/mol. The Morgan fingerprint density at radius 3 is 1.80 bits per heavy atom. The molecule has 1 aromatic heterocycles. The van der Waals surface area contributed by atoms with Crippen LogP contribution in [0.25, 0.3) is 96.6 Å². The maximum absolute atomic E-state index is 2.49. The van der Waals surface area contributed by atoms with E-state index in [0.29, 0.717) is 0 Å². The Balaban J connectivity index is 1.20. The Kier molecular flexibility index (Phi) is 5.70.